The summed E-state index contributed by atoms with van der Waals surface area (Å²) in [5.41, 5.74) is 4.61. The van der Waals surface area contributed by atoms with E-state index in [1.54, 1.807) is 0 Å². The third-order valence-electron chi connectivity index (χ3n) is 3.21. The predicted molar refractivity (Wildman–Crippen MR) is 83.4 cm³/mol. The van der Waals surface area contributed by atoms with E-state index in [-0.39, 0.29) is 5.60 Å². The lowest BCUT2D eigenvalue weighted by Gasteiger charge is -2.29. The number of benzene rings is 1. The summed E-state index contributed by atoms with van der Waals surface area (Å²) >= 11 is 0. The minimum absolute atomic E-state index is 0.234. The fourth-order valence-corrected chi connectivity index (χ4v) is 2.16. The zero-order valence-corrected chi connectivity index (χ0v) is 12.3. The molecule has 1 aromatic carbocycles. The van der Waals surface area contributed by atoms with Gasteiger partial charge in [-0.25, -0.2) is 0 Å². The van der Waals surface area contributed by atoms with Gasteiger partial charge in [0, 0.05) is 5.56 Å². The van der Waals surface area contributed by atoms with Crippen LogP contribution in [0.1, 0.15) is 44.4 Å². The molecule has 1 aromatic rings. The van der Waals surface area contributed by atoms with Gasteiger partial charge in [0.1, 0.15) is 11.4 Å². The van der Waals surface area contributed by atoms with Crippen LogP contribution in [0, 0.1) is 0 Å². The molecule has 0 atom stereocenters. The van der Waals surface area contributed by atoms with E-state index in [0.717, 1.165) is 23.3 Å². The standard InChI is InChI=1S/C18H22O/c1-6-14-11-15(8-7-13(2)3)17-16(12-14)9-10-18(4,5)19-17/h6-7,9-12H,1,8H2,2-5H3. The van der Waals surface area contributed by atoms with Gasteiger partial charge in [-0.2, -0.15) is 0 Å². The second kappa shape index (κ2) is 5.08. The largest absolute Gasteiger partial charge is 0.483 e. The van der Waals surface area contributed by atoms with Gasteiger partial charge in [0.15, 0.2) is 0 Å². The molecule has 100 valence electrons. The lowest BCUT2D eigenvalue weighted by molar-refractivity contribution is 0.157. The van der Waals surface area contributed by atoms with E-state index >= 15 is 0 Å². The Morgan fingerprint density at radius 2 is 2.05 bits per heavy atom. The van der Waals surface area contributed by atoms with E-state index in [4.69, 9.17) is 4.74 Å². The molecular weight excluding hydrogens is 232 g/mol. The van der Waals surface area contributed by atoms with Gasteiger partial charge in [0.2, 0.25) is 0 Å². The molecule has 0 aliphatic carbocycles. The fraction of sp³-hybridized carbons (Fsp3) is 0.333. The zero-order chi connectivity index (χ0) is 14.0. The van der Waals surface area contributed by atoms with Crippen molar-refractivity contribution in [1.82, 2.24) is 0 Å². The van der Waals surface area contributed by atoms with E-state index in [0.29, 0.717) is 0 Å². The molecule has 0 radical (unpaired) electrons. The monoisotopic (exact) mass is 254 g/mol. The van der Waals surface area contributed by atoms with Crippen molar-refractivity contribution >= 4 is 12.2 Å². The van der Waals surface area contributed by atoms with Gasteiger partial charge in [-0.15, -0.1) is 0 Å². The third kappa shape index (κ3) is 3.17. The third-order valence-corrected chi connectivity index (χ3v) is 3.21. The number of fused-ring (bicyclic) bond motifs is 1. The molecule has 1 aliphatic heterocycles. The second-order valence-electron chi connectivity index (χ2n) is 5.83. The highest BCUT2D eigenvalue weighted by Gasteiger charge is 2.23. The Hall–Kier alpha value is -1.76. The van der Waals surface area contributed by atoms with Crippen molar-refractivity contribution in [3.8, 4) is 5.75 Å². The highest BCUT2D eigenvalue weighted by Crippen LogP contribution is 2.35. The number of rotatable bonds is 3. The van der Waals surface area contributed by atoms with Crippen LogP contribution >= 0.6 is 0 Å². The first-order valence-electron chi connectivity index (χ1n) is 6.72. The van der Waals surface area contributed by atoms with Crippen LogP contribution in [0.5, 0.6) is 5.75 Å². The summed E-state index contributed by atoms with van der Waals surface area (Å²) in [6, 6.07) is 4.29. The summed E-state index contributed by atoms with van der Waals surface area (Å²) in [4.78, 5) is 0. The summed E-state index contributed by atoms with van der Waals surface area (Å²) in [5.74, 6) is 1.01. The predicted octanol–water partition coefficient (Wildman–Crippen LogP) is 5.02. The molecule has 1 aliphatic rings. The summed E-state index contributed by atoms with van der Waals surface area (Å²) in [6.07, 6.45) is 9.28. The zero-order valence-electron chi connectivity index (χ0n) is 12.3. The van der Waals surface area contributed by atoms with E-state index in [2.05, 4.69) is 64.6 Å². The number of hydrogen-bond acceptors (Lipinski definition) is 1. The van der Waals surface area contributed by atoms with Gasteiger partial charge in [-0.3, -0.25) is 0 Å². The van der Waals surface area contributed by atoms with E-state index in [1.165, 1.54) is 11.1 Å². The lowest BCUT2D eigenvalue weighted by atomic mass is 9.96. The highest BCUT2D eigenvalue weighted by molar-refractivity contribution is 5.68. The quantitative estimate of drug-likeness (QED) is 0.688. The van der Waals surface area contributed by atoms with Crippen LogP contribution in [0.25, 0.3) is 12.2 Å². The first-order valence-corrected chi connectivity index (χ1v) is 6.72. The summed E-state index contributed by atoms with van der Waals surface area (Å²) in [7, 11) is 0. The molecule has 0 unspecified atom stereocenters. The molecule has 2 rings (SSSR count). The lowest BCUT2D eigenvalue weighted by Crippen LogP contribution is -2.28. The van der Waals surface area contributed by atoms with Crippen LogP contribution in [-0.4, -0.2) is 5.60 Å². The highest BCUT2D eigenvalue weighted by atomic mass is 16.5. The van der Waals surface area contributed by atoms with E-state index in [9.17, 15) is 0 Å². The van der Waals surface area contributed by atoms with Crippen molar-refractivity contribution in [2.24, 2.45) is 0 Å². The first kappa shape index (κ1) is 13.7. The Kier molecular flexibility index (Phi) is 3.66. The Bertz CT molecular complexity index is 555. The van der Waals surface area contributed by atoms with E-state index in [1.807, 2.05) is 6.08 Å². The molecule has 1 nitrogen and oxygen atoms in total. The fourth-order valence-electron chi connectivity index (χ4n) is 2.16. The summed E-state index contributed by atoms with van der Waals surface area (Å²) in [6.45, 7) is 12.3. The Labute approximate surface area is 116 Å². The molecule has 1 heteroatoms. The molecule has 0 spiro atoms. The van der Waals surface area contributed by atoms with Gasteiger partial charge >= 0.3 is 0 Å². The minimum Gasteiger partial charge on any atom is -0.483 e. The number of ether oxygens (including phenoxy) is 1. The summed E-state index contributed by atoms with van der Waals surface area (Å²) < 4.78 is 6.13. The minimum atomic E-state index is -0.234. The Balaban J connectivity index is 2.50. The first-order chi connectivity index (χ1) is 8.91. The topological polar surface area (TPSA) is 9.23 Å². The van der Waals surface area contributed by atoms with E-state index < -0.39 is 0 Å². The second-order valence-corrected chi connectivity index (χ2v) is 5.83. The maximum atomic E-state index is 6.13. The van der Waals surface area contributed by atoms with Gasteiger partial charge in [-0.1, -0.05) is 30.4 Å². The van der Waals surface area contributed by atoms with Gasteiger partial charge in [-0.05, 0) is 63.5 Å². The van der Waals surface area contributed by atoms with Gasteiger partial charge in [0.05, 0.1) is 0 Å². The summed E-state index contributed by atoms with van der Waals surface area (Å²) in [5, 5.41) is 0. The molecule has 0 bridgehead atoms. The molecule has 0 aromatic heterocycles. The molecule has 0 N–H and O–H groups in total. The molecule has 0 saturated carbocycles. The average Bonchev–Trinajstić information content (AvgIpc) is 2.35. The smallest absolute Gasteiger partial charge is 0.131 e. The van der Waals surface area contributed by atoms with Crippen LogP contribution in [-0.2, 0) is 6.42 Å². The maximum Gasteiger partial charge on any atom is 0.131 e. The van der Waals surface area contributed by atoms with Crippen molar-refractivity contribution in [3.05, 3.63) is 53.1 Å². The van der Waals surface area contributed by atoms with Crippen LogP contribution in [0.4, 0.5) is 0 Å². The van der Waals surface area contributed by atoms with Crippen LogP contribution < -0.4 is 4.74 Å². The SMILES string of the molecule is C=Cc1cc2c(c(CC=C(C)C)c1)OC(C)(C)C=C2. The average molecular weight is 254 g/mol. The van der Waals surface area contributed by atoms with Crippen molar-refractivity contribution in [3.63, 3.8) is 0 Å². The number of allylic oxidation sites excluding steroid dienone is 2. The van der Waals surface area contributed by atoms with Gasteiger partial charge in [0.25, 0.3) is 0 Å². The molecular formula is C18H22O. The molecule has 0 amide bonds. The molecule has 1 heterocycles. The molecule has 19 heavy (non-hydrogen) atoms. The Morgan fingerprint density at radius 3 is 2.68 bits per heavy atom. The van der Waals surface area contributed by atoms with Crippen LogP contribution in [0.2, 0.25) is 0 Å². The van der Waals surface area contributed by atoms with Crippen molar-refractivity contribution in [2.75, 3.05) is 0 Å². The Morgan fingerprint density at radius 1 is 1.32 bits per heavy atom. The van der Waals surface area contributed by atoms with Crippen molar-refractivity contribution in [1.29, 1.82) is 0 Å². The number of hydrogen-bond donors (Lipinski definition) is 0. The maximum absolute atomic E-state index is 6.13. The van der Waals surface area contributed by atoms with Crippen LogP contribution in [0.3, 0.4) is 0 Å². The van der Waals surface area contributed by atoms with Crippen molar-refractivity contribution in [2.45, 2.75) is 39.7 Å². The molecule has 0 saturated heterocycles. The molecule has 0 fully saturated rings. The van der Waals surface area contributed by atoms with Gasteiger partial charge < -0.3 is 4.74 Å². The van der Waals surface area contributed by atoms with Crippen molar-refractivity contribution < 1.29 is 4.74 Å². The normalized spacial score (nSPS) is 15.4. The van der Waals surface area contributed by atoms with Crippen LogP contribution in [0.15, 0.2) is 36.4 Å².